The van der Waals surface area contributed by atoms with Gasteiger partial charge in [-0.1, -0.05) is 0 Å². The monoisotopic (exact) mass is 436 g/mol. The number of aromatic nitrogens is 2. The molecule has 0 N–H and O–H groups in total. The quantitative estimate of drug-likeness (QED) is 0.661. The molecular formula is C21H32N4O4S. The van der Waals surface area contributed by atoms with Crippen LogP contribution in [0.4, 0.5) is 0 Å². The molecule has 0 spiro atoms. The predicted molar refractivity (Wildman–Crippen MR) is 115 cm³/mol. The zero-order valence-corrected chi connectivity index (χ0v) is 18.7. The van der Waals surface area contributed by atoms with Crippen LogP contribution >= 0.6 is 0 Å². The molecule has 1 aromatic heterocycles. The summed E-state index contributed by atoms with van der Waals surface area (Å²) in [5.74, 6) is 0.989. The summed E-state index contributed by atoms with van der Waals surface area (Å²) in [5, 5.41) is 0. The summed E-state index contributed by atoms with van der Waals surface area (Å²) in [6, 6.07) is 5.32. The van der Waals surface area contributed by atoms with E-state index in [0.29, 0.717) is 37.3 Å². The molecule has 0 bridgehead atoms. The zero-order valence-electron chi connectivity index (χ0n) is 17.9. The normalized spacial score (nSPS) is 20.2. The molecule has 1 aromatic carbocycles. The van der Waals surface area contributed by atoms with Crippen molar-refractivity contribution in [3.05, 3.63) is 24.0 Å². The first-order valence-electron chi connectivity index (χ1n) is 10.9. The molecule has 2 saturated heterocycles. The summed E-state index contributed by atoms with van der Waals surface area (Å²) >= 11 is 0. The third-order valence-electron chi connectivity index (χ3n) is 6.02. The molecule has 0 radical (unpaired) electrons. The second kappa shape index (κ2) is 9.32. The predicted octanol–water partition coefficient (Wildman–Crippen LogP) is 2.08. The molecule has 0 aliphatic carbocycles. The van der Waals surface area contributed by atoms with Crippen LogP contribution in [0.15, 0.2) is 23.1 Å². The molecule has 2 aliphatic heterocycles. The maximum atomic E-state index is 13.0. The van der Waals surface area contributed by atoms with Crippen LogP contribution in [0.25, 0.3) is 11.0 Å². The lowest BCUT2D eigenvalue weighted by Crippen LogP contribution is -2.40. The van der Waals surface area contributed by atoms with Crippen molar-refractivity contribution in [2.45, 2.75) is 50.8 Å². The van der Waals surface area contributed by atoms with E-state index >= 15 is 0 Å². The van der Waals surface area contributed by atoms with E-state index in [4.69, 9.17) is 14.5 Å². The van der Waals surface area contributed by atoms with Gasteiger partial charge < -0.3 is 14.0 Å². The fourth-order valence-electron chi connectivity index (χ4n) is 4.40. The van der Waals surface area contributed by atoms with E-state index in [1.54, 1.807) is 12.1 Å². The number of nitrogens with zero attached hydrogens (tertiary/aromatic N) is 4. The van der Waals surface area contributed by atoms with Gasteiger partial charge in [-0.25, -0.2) is 13.4 Å². The topological polar surface area (TPSA) is 76.9 Å². The lowest BCUT2D eigenvalue weighted by molar-refractivity contribution is 0.0118. The molecule has 166 valence electrons. The molecule has 3 heterocycles. The van der Waals surface area contributed by atoms with Gasteiger partial charge in [-0.2, -0.15) is 4.31 Å². The lowest BCUT2D eigenvalue weighted by Gasteiger charge is -2.31. The van der Waals surface area contributed by atoms with Crippen molar-refractivity contribution in [2.75, 3.05) is 46.0 Å². The Morgan fingerprint density at radius 1 is 1.13 bits per heavy atom. The van der Waals surface area contributed by atoms with E-state index in [0.717, 1.165) is 62.5 Å². The number of hydrogen-bond donors (Lipinski definition) is 0. The highest BCUT2D eigenvalue weighted by molar-refractivity contribution is 7.89. The standard InChI is InChI=1S/C21H32N4O4S/c1-3-25-20-6-5-18(30(26,27)24-11-13-28-14-12-24)15-19(20)22-21(25)16-23-9-7-17(8-10-23)29-4-2/h5-6,15,17H,3-4,7-14,16H2,1-2H3. The molecule has 0 saturated carbocycles. The summed E-state index contributed by atoms with van der Waals surface area (Å²) in [5.41, 5.74) is 1.73. The van der Waals surface area contributed by atoms with Gasteiger partial charge in [0.05, 0.1) is 41.8 Å². The molecular weight excluding hydrogens is 404 g/mol. The summed E-state index contributed by atoms with van der Waals surface area (Å²) in [6.45, 7) is 10.2. The summed E-state index contributed by atoms with van der Waals surface area (Å²) in [6.07, 6.45) is 2.45. The Labute approximate surface area is 178 Å². The SMILES string of the molecule is CCOC1CCN(Cc2nc3cc(S(=O)(=O)N4CCOCC4)ccc3n2CC)CC1. The molecule has 0 unspecified atom stereocenters. The number of ether oxygens (including phenoxy) is 2. The summed E-state index contributed by atoms with van der Waals surface area (Å²) in [4.78, 5) is 7.55. The highest BCUT2D eigenvalue weighted by Crippen LogP contribution is 2.25. The van der Waals surface area contributed by atoms with E-state index in [2.05, 4.69) is 16.4 Å². The molecule has 0 atom stereocenters. The molecule has 8 nitrogen and oxygen atoms in total. The Balaban J connectivity index is 1.55. The van der Waals surface area contributed by atoms with Crippen molar-refractivity contribution >= 4 is 21.1 Å². The minimum atomic E-state index is -3.52. The average molecular weight is 437 g/mol. The van der Waals surface area contributed by atoms with Crippen LogP contribution in [0, 0.1) is 0 Å². The van der Waals surface area contributed by atoms with E-state index in [9.17, 15) is 8.42 Å². The maximum Gasteiger partial charge on any atom is 0.243 e. The fraction of sp³-hybridized carbons (Fsp3) is 0.667. The van der Waals surface area contributed by atoms with Gasteiger partial charge in [0.1, 0.15) is 5.82 Å². The van der Waals surface area contributed by atoms with Gasteiger partial charge in [-0.05, 0) is 44.9 Å². The first-order chi connectivity index (χ1) is 14.5. The summed E-state index contributed by atoms with van der Waals surface area (Å²) in [7, 11) is -3.52. The molecule has 9 heteroatoms. The van der Waals surface area contributed by atoms with Crippen LogP contribution in [0.2, 0.25) is 0 Å². The van der Waals surface area contributed by atoms with Gasteiger partial charge in [0.15, 0.2) is 0 Å². The van der Waals surface area contributed by atoms with Gasteiger partial charge in [-0.15, -0.1) is 0 Å². The minimum absolute atomic E-state index is 0.307. The van der Waals surface area contributed by atoms with Gasteiger partial charge in [-0.3, -0.25) is 4.90 Å². The minimum Gasteiger partial charge on any atom is -0.379 e. The second-order valence-electron chi connectivity index (χ2n) is 7.87. The van der Waals surface area contributed by atoms with Gasteiger partial charge in [0.2, 0.25) is 10.0 Å². The van der Waals surface area contributed by atoms with Crippen LogP contribution in [-0.4, -0.2) is 79.3 Å². The van der Waals surface area contributed by atoms with Crippen molar-refractivity contribution < 1.29 is 17.9 Å². The molecule has 30 heavy (non-hydrogen) atoms. The zero-order chi connectivity index (χ0) is 21.1. The van der Waals surface area contributed by atoms with Crippen LogP contribution in [0.3, 0.4) is 0 Å². The first kappa shape index (κ1) is 21.7. The van der Waals surface area contributed by atoms with Crippen molar-refractivity contribution in [3.63, 3.8) is 0 Å². The highest BCUT2D eigenvalue weighted by atomic mass is 32.2. The number of fused-ring (bicyclic) bond motifs is 1. The third kappa shape index (κ3) is 4.40. The molecule has 2 aliphatic rings. The van der Waals surface area contributed by atoms with Gasteiger partial charge >= 0.3 is 0 Å². The molecule has 4 rings (SSSR count). The molecule has 2 aromatic rings. The number of aryl methyl sites for hydroxylation is 1. The number of benzene rings is 1. The maximum absolute atomic E-state index is 13.0. The van der Waals surface area contributed by atoms with Crippen molar-refractivity contribution in [1.29, 1.82) is 0 Å². The molecule has 2 fully saturated rings. The van der Waals surface area contributed by atoms with Crippen molar-refractivity contribution in [2.24, 2.45) is 0 Å². The van der Waals surface area contributed by atoms with E-state index < -0.39 is 10.0 Å². The van der Waals surface area contributed by atoms with Gasteiger partial charge in [0, 0.05) is 39.3 Å². The van der Waals surface area contributed by atoms with Crippen molar-refractivity contribution in [3.8, 4) is 0 Å². The number of imidazole rings is 1. The van der Waals surface area contributed by atoms with Crippen LogP contribution in [-0.2, 0) is 32.6 Å². The number of piperidine rings is 1. The number of likely N-dealkylation sites (tertiary alicyclic amines) is 1. The molecule has 0 amide bonds. The van der Waals surface area contributed by atoms with Crippen LogP contribution < -0.4 is 0 Å². The van der Waals surface area contributed by atoms with Gasteiger partial charge in [0.25, 0.3) is 0 Å². The fourth-order valence-corrected chi connectivity index (χ4v) is 5.83. The Kier molecular flexibility index (Phi) is 6.74. The third-order valence-corrected chi connectivity index (χ3v) is 7.92. The second-order valence-corrected chi connectivity index (χ2v) is 9.81. The van der Waals surface area contributed by atoms with Crippen LogP contribution in [0.5, 0.6) is 0 Å². The van der Waals surface area contributed by atoms with Crippen LogP contribution in [0.1, 0.15) is 32.5 Å². The first-order valence-corrected chi connectivity index (χ1v) is 12.4. The van der Waals surface area contributed by atoms with E-state index in [1.165, 1.54) is 4.31 Å². The Morgan fingerprint density at radius 2 is 1.87 bits per heavy atom. The Bertz CT molecular complexity index is 961. The number of morpholine rings is 1. The smallest absolute Gasteiger partial charge is 0.243 e. The average Bonchev–Trinajstić information content (AvgIpc) is 3.12. The lowest BCUT2D eigenvalue weighted by atomic mass is 10.1. The largest absolute Gasteiger partial charge is 0.379 e. The Morgan fingerprint density at radius 3 is 2.53 bits per heavy atom. The Hall–Kier alpha value is -1.52. The van der Waals surface area contributed by atoms with E-state index in [-0.39, 0.29) is 0 Å². The van der Waals surface area contributed by atoms with Crippen molar-refractivity contribution in [1.82, 2.24) is 18.8 Å². The van der Waals surface area contributed by atoms with E-state index in [1.807, 2.05) is 13.0 Å². The number of rotatable bonds is 7. The summed E-state index contributed by atoms with van der Waals surface area (Å²) < 4.78 is 40.8. The number of hydrogen-bond acceptors (Lipinski definition) is 6. The highest BCUT2D eigenvalue weighted by Gasteiger charge is 2.27. The number of sulfonamides is 1.